The molecular weight excluding hydrogens is 400 g/mol. The summed E-state index contributed by atoms with van der Waals surface area (Å²) in [6, 6.07) is 14.4. The van der Waals surface area contributed by atoms with Gasteiger partial charge in [-0.05, 0) is 57.4 Å². The van der Waals surface area contributed by atoms with E-state index in [0.29, 0.717) is 26.0 Å². The van der Waals surface area contributed by atoms with Gasteiger partial charge in [0, 0.05) is 13.1 Å². The maximum Gasteiger partial charge on any atom is 0.243 e. The van der Waals surface area contributed by atoms with Gasteiger partial charge in [0.05, 0.1) is 16.9 Å². The van der Waals surface area contributed by atoms with E-state index < -0.39 is 10.0 Å². The van der Waals surface area contributed by atoms with E-state index in [1.54, 1.807) is 24.3 Å². The minimum absolute atomic E-state index is 0.125. The second-order valence-corrected chi connectivity index (χ2v) is 9.94. The molecule has 162 valence electrons. The van der Waals surface area contributed by atoms with Crippen molar-refractivity contribution in [1.82, 2.24) is 9.62 Å². The lowest BCUT2D eigenvalue weighted by Gasteiger charge is -2.32. The smallest absolute Gasteiger partial charge is 0.243 e. The average Bonchev–Trinajstić information content (AvgIpc) is 2.73. The zero-order valence-corrected chi connectivity index (χ0v) is 18.6. The summed E-state index contributed by atoms with van der Waals surface area (Å²) >= 11 is 0. The number of nitrogens with one attached hydrogen (secondary N) is 1. The molecule has 1 N–H and O–H groups in total. The van der Waals surface area contributed by atoms with Gasteiger partial charge in [0.2, 0.25) is 15.9 Å². The molecule has 0 aromatic heterocycles. The summed E-state index contributed by atoms with van der Waals surface area (Å²) in [4.78, 5) is 13.0. The number of ether oxygens (including phenoxy) is 1. The summed E-state index contributed by atoms with van der Waals surface area (Å²) < 4.78 is 33.1. The highest BCUT2D eigenvalue weighted by molar-refractivity contribution is 7.89. The van der Waals surface area contributed by atoms with E-state index >= 15 is 0 Å². The van der Waals surface area contributed by atoms with Crippen LogP contribution < -0.4 is 10.1 Å². The molecule has 6 nitrogen and oxygen atoms in total. The van der Waals surface area contributed by atoms with Gasteiger partial charge in [0.15, 0.2) is 0 Å². The zero-order chi connectivity index (χ0) is 21.7. The Kier molecular flexibility index (Phi) is 7.15. The number of nitrogens with zero attached hydrogens (tertiary/aromatic N) is 1. The second kappa shape index (κ2) is 9.62. The van der Waals surface area contributed by atoms with Crippen LogP contribution in [0, 0.1) is 19.8 Å². The van der Waals surface area contributed by atoms with Crippen LogP contribution in [-0.4, -0.2) is 44.4 Å². The van der Waals surface area contributed by atoms with Crippen LogP contribution in [0.25, 0.3) is 0 Å². The Morgan fingerprint density at radius 1 is 1.17 bits per heavy atom. The fourth-order valence-electron chi connectivity index (χ4n) is 3.57. The summed E-state index contributed by atoms with van der Waals surface area (Å²) in [6.45, 7) is 6.78. The van der Waals surface area contributed by atoms with Gasteiger partial charge >= 0.3 is 0 Å². The van der Waals surface area contributed by atoms with E-state index in [-0.39, 0.29) is 29.3 Å². The highest BCUT2D eigenvalue weighted by Gasteiger charge is 2.33. The van der Waals surface area contributed by atoms with Crippen molar-refractivity contribution >= 4 is 15.9 Å². The maximum absolute atomic E-state index is 13.0. The molecule has 7 heteroatoms. The first-order valence-electron chi connectivity index (χ1n) is 10.3. The topological polar surface area (TPSA) is 75.7 Å². The van der Waals surface area contributed by atoms with Crippen LogP contribution in [0.4, 0.5) is 0 Å². The van der Waals surface area contributed by atoms with Crippen LogP contribution in [-0.2, 0) is 14.8 Å². The first kappa shape index (κ1) is 22.3. The highest BCUT2D eigenvalue weighted by Crippen LogP contribution is 2.24. The van der Waals surface area contributed by atoms with Gasteiger partial charge in [-0.1, -0.05) is 35.9 Å². The number of carbonyl (C=O) groups is 1. The molecular formula is C23H30N2O4S. The van der Waals surface area contributed by atoms with E-state index in [2.05, 4.69) is 5.32 Å². The van der Waals surface area contributed by atoms with E-state index in [0.717, 1.165) is 16.9 Å². The normalized spacial score (nSPS) is 18.6. The number of benzene rings is 2. The molecule has 1 heterocycles. The van der Waals surface area contributed by atoms with Gasteiger partial charge in [-0.25, -0.2) is 8.42 Å². The molecule has 1 saturated heterocycles. The fourth-order valence-corrected chi connectivity index (χ4v) is 5.09. The number of amides is 1. The van der Waals surface area contributed by atoms with Crippen molar-refractivity contribution in [3.05, 3.63) is 59.7 Å². The van der Waals surface area contributed by atoms with Crippen LogP contribution in [0.15, 0.2) is 53.4 Å². The number of para-hydroxylation sites is 1. The van der Waals surface area contributed by atoms with E-state index in [1.165, 1.54) is 4.31 Å². The molecule has 1 amide bonds. The molecule has 0 spiro atoms. The lowest BCUT2D eigenvalue weighted by molar-refractivity contribution is -0.126. The van der Waals surface area contributed by atoms with Crippen molar-refractivity contribution in [1.29, 1.82) is 0 Å². The van der Waals surface area contributed by atoms with Gasteiger partial charge in [0.1, 0.15) is 12.4 Å². The Bertz CT molecular complexity index is 973. The molecule has 1 aliphatic heterocycles. The predicted octanol–water partition coefficient (Wildman–Crippen LogP) is 3.29. The van der Waals surface area contributed by atoms with Crippen molar-refractivity contribution in [3.8, 4) is 5.75 Å². The number of piperidine rings is 1. The fraction of sp³-hybridized carbons (Fsp3) is 0.435. The molecule has 0 radical (unpaired) electrons. The molecule has 0 saturated carbocycles. The second-order valence-electron chi connectivity index (χ2n) is 8.00. The lowest BCUT2D eigenvalue weighted by Crippen LogP contribution is -2.48. The SMILES string of the molecule is Cc1ccc(S(=O)(=O)N2CCC[C@H](C(=O)N[C@H](C)COc3ccccc3C)C2)cc1. The van der Waals surface area contributed by atoms with E-state index in [9.17, 15) is 13.2 Å². The van der Waals surface area contributed by atoms with Gasteiger partial charge in [-0.2, -0.15) is 4.31 Å². The van der Waals surface area contributed by atoms with E-state index in [4.69, 9.17) is 4.74 Å². The Balaban J connectivity index is 1.57. The Labute approximate surface area is 179 Å². The molecule has 30 heavy (non-hydrogen) atoms. The van der Waals surface area contributed by atoms with Crippen LogP contribution in [0.5, 0.6) is 5.75 Å². The lowest BCUT2D eigenvalue weighted by atomic mass is 9.98. The number of sulfonamides is 1. The molecule has 2 aromatic carbocycles. The molecule has 0 bridgehead atoms. The molecule has 0 aliphatic carbocycles. The average molecular weight is 431 g/mol. The third-order valence-corrected chi connectivity index (χ3v) is 7.26. The highest BCUT2D eigenvalue weighted by atomic mass is 32.2. The molecule has 0 unspecified atom stereocenters. The molecule has 3 rings (SSSR count). The maximum atomic E-state index is 13.0. The van der Waals surface area contributed by atoms with Crippen molar-refractivity contribution in [2.24, 2.45) is 5.92 Å². The zero-order valence-electron chi connectivity index (χ0n) is 17.8. The van der Waals surface area contributed by atoms with Crippen LogP contribution in [0.2, 0.25) is 0 Å². The molecule has 1 aliphatic rings. The van der Waals surface area contributed by atoms with Crippen molar-refractivity contribution in [2.75, 3.05) is 19.7 Å². The summed E-state index contributed by atoms with van der Waals surface area (Å²) in [5, 5.41) is 2.97. The van der Waals surface area contributed by atoms with Gasteiger partial charge in [0.25, 0.3) is 0 Å². The first-order valence-corrected chi connectivity index (χ1v) is 11.8. The quantitative estimate of drug-likeness (QED) is 0.731. The Morgan fingerprint density at radius 3 is 2.57 bits per heavy atom. The molecule has 2 atom stereocenters. The summed E-state index contributed by atoms with van der Waals surface area (Å²) in [7, 11) is -3.60. The molecule has 2 aromatic rings. The standard InChI is InChI=1S/C23H30N2O4S/c1-17-10-12-21(13-11-17)30(27,28)25-14-6-8-20(15-25)23(26)24-19(3)16-29-22-9-5-4-7-18(22)2/h4-5,7,9-13,19-20H,6,8,14-16H2,1-3H3,(H,24,26)/t19-,20+/m1/s1. The van der Waals surface area contributed by atoms with E-state index in [1.807, 2.05) is 45.0 Å². The van der Waals surface area contributed by atoms with Crippen LogP contribution >= 0.6 is 0 Å². The van der Waals surface area contributed by atoms with Gasteiger partial charge in [-0.15, -0.1) is 0 Å². The van der Waals surface area contributed by atoms with Crippen LogP contribution in [0.3, 0.4) is 0 Å². The third kappa shape index (κ3) is 5.40. The minimum Gasteiger partial charge on any atom is -0.491 e. The van der Waals surface area contributed by atoms with Crippen LogP contribution in [0.1, 0.15) is 30.9 Å². The largest absolute Gasteiger partial charge is 0.491 e. The molecule has 1 fully saturated rings. The minimum atomic E-state index is -3.60. The Morgan fingerprint density at radius 2 is 1.87 bits per heavy atom. The van der Waals surface area contributed by atoms with Crippen molar-refractivity contribution in [2.45, 2.75) is 44.6 Å². The summed E-state index contributed by atoms with van der Waals surface area (Å²) in [6.07, 6.45) is 1.34. The monoisotopic (exact) mass is 430 g/mol. The number of rotatable bonds is 7. The van der Waals surface area contributed by atoms with Gasteiger partial charge < -0.3 is 10.1 Å². The number of aryl methyl sites for hydroxylation is 2. The Hall–Kier alpha value is -2.38. The number of carbonyl (C=O) groups excluding carboxylic acids is 1. The first-order chi connectivity index (χ1) is 14.3. The van der Waals surface area contributed by atoms with Gasteiger partial charge in [-0.3, -0.25) is 4.79 Å². The predicted molar refractivity (Wildman–Crippen MR) is 117 cm³/mol. The summed E-state index contributed by atoms with van der Waals surface area (Å²) in [5.41, 5.74) is 2.05. The van der Waals surface area contributed by atoms with Crippen molar-refractivity contribution < 1.29 is 17.9 Å². The third-order valence-electron chi connectivity index (χ3n) is 5.38. The van der Waals surface area contributed by atoms with Crippen molar-refractivity contribution in [3.63, 3.8) is 0 Å². The number of hydrogen-bond donors (Lipinski definition) is 1. The summed E-state index contributed by atoms with van der Waals surface area (Å²) in [5.74, 6) is 0.311. The number of hydrogen-bond acceptors (Lipinski definition) is 4.